The van der Waals surface area contributed by atoms with Crippen molar-refractivity contribution in [2.75, 3.05) is 18.1 Å². The van der Waals surface area contributed by atoms with Crippen LogP contribution in [0.2, 0.25) is 0 Å². The molecule has 0 bridgehead atoms. The molecule has 0 radical (unpaired) electrons. The number of cyclic esters (lactones) is 1. The number of esters is 1. The average Bonchev–Trinajstić information content (AvgIpc) is 2.49. The first-order valence-corrected chi connectivity index (χ1v) is 7.20. The number of rotatable bonds is 2. The monoisotopic (exact) mass is 259 g/mol. The highest BCUT2D eigenvalue weighted by atomic mass is 32.2. The predicted octanol–water partition coefficient (Wildman–Crippen LogP) is 0.807. The molecule has 0 aliphatic carbocycles. The van der Waals surface area contributed by atoms with Crippen molar-refractivity contribution in [3.8, 4) is 0 Å². The van der Waals surface area contributed by atoms with Gasteiger partial charge in [0.1, 0.15) is 6.10 Å². The first-order valence-electron chi connectivity index (χ1n) is 5.38. The first kappa shape index (κ1) is 12.2. The van der Waals surface area contributed by atoms with Crippen molar-refractivity contribution < 1.29 is 17.9 Å². The SMILES string of the molecule is [N-]=[N+]=NCC1OC(=O)CC12CCCS(=O)(=O)C2. The minimum atomic E-state index is -3.12. The molecule has 2 rings (SSSR count). The smallest absolute Gasteiger partial charge is 0.306 e. The van der Waals surface area contributed by atoms with Crippen LogP contribution in [-0.2, 0) is 19.4 Å². The fourth-order valence-electron chi connectivity index (χ4n) is 2.69. The van der Waals surface area contributed by atoms with E-state index >= 15 is 0 Å². The van der Waals surface area contributed by atoms with Gasteiger partial charge in [0, 0.05) is 10.3 Å². The van der Waals surface area contributed by atoms with Crippen molar-refractivity contribution in [1.29, 1.82) is 0 Å². The number of sulfone groups is 1. The van der Waals surface area contributed by atoms with Gasteiger partial charge in [-0.05, 0) is 18.4 Å². The molecule has 2 saturated heterocycles. The highest BCUT2D eigenvalue weighted by Gasteiger charge is 2.52. The quantitative estimate of drug-likeness (QED) is 0.316. The number of hydrogen-bond acceptors (Lipinski definition) is 5. The second-order valence-corrected chi connectivity index (χ2v) is 6.81. The minimum absolute atomic E-state index is 0.0117. The molecule has 0 amide bonds. The van der Waals surface area contributed by atoms with Gasteiger partial charge in [0.25, 0.3) is 0 Å². The summed E-state index contributed by atoms with van der Waals surface area (Å²) in [5, 5.41) is 3.39. The van der Waals surface area contributed by atoms with E-state index in [0.717, 1.165) is 0 Å². The molecule has 0 aromatic carbocycles. The zero-order valence-electron chi connectivity index (χ0n) is 9.20. The highest BCUT2D eigenvalue weighted by molar-refractivity contribution is 7.91. The normalized spacial score (nSPS) is 35.3. The van der Waals surface area contributed by atoms with E-state index in [1.165, 1.54) is 0 Å². The Morgan fingerprint density at radius 2 is 2.35 bits per heavy atom. The lowest BCUT2D eigenvalue weighted by Gasteiger charge is -2.34. The third-order valence-electron chi connectivity index (χ3n) is 3.40. The second kappa shape index (κ2) is 4.19. The van der Waals surface area contributed by atoms with Crippen LogP contribution < -0.4 is 0 Å². The molecule has 0 aromatic rings. The predicted molar refractivity (Wildman–Crippen MR) is 58.8 cm³/mol. The maximum Gasteiger partial charge on any atom is 0.306 e. The Balaban J connectivity index is 2.26. The van der Waals surface area contributed by atoms with Gasteiger partial charge in [0.05, 0.1) is 24.5 Å². The Hall–Kier alpha value is -1.27. The topological polar surface area (TPSA) is 109 Å². The molecule has 7 nitrogen and oxygen atoms in total. The summed E-state index contributed by atoms with van der Waals surface area (Å²) < 4.78 is 28.4. The standard InChI is InChI=1S/C9H13N3O4S/c10-12-11-5-7-9(4-8(13)16-7)2-1-3-17(14,15)6-9/h7H,1-6H2. The second-order valence-electron chi connectivity index (χ2n) is 4.63. The Morgan fingerprint density at radius 1 is 1.59 bits per heavy atom. The van der Waals surface area contributed by atoms with E-state index in [1.54, 1.807) is 0 Å². The summed E-state index contributed by atoms with van der Waals surface area (Å²) >= 11 is 0. The molecular weight excluding hydrogens is 246 g/mol. The molecule has 94 valence electrons. The molecular formula is C9H13N3O4S. The Morgan fingerprint density at radius 3 is 3.00 bits per heavy atom. The van der Waals surface area contributed by atoms with Gasteiger partial charge in [-0.1, -0.05) is 5.11 Å². The summed E-state index contributed by atoms with van der Waals surface area (Å²) in [6.45, 7) is 0.0117. The molecule has 2 atom stereocenters. The number of azide groups is 1. The van der Waals surface area contributed by atoms with Crippen molar-refractivity contribution in [2.24, 2.45) is 10.5 Å². The molecule has 2 aliphatic heterocycles. The van der Waals surface area contributed by atoms with Crippen molar-refractivity contribution >= 4 is 15.8 Å². The molecule has 2 aliphatic rings. The lowest BCUT2D eigenvalue weighted by atomic mass is 9.78. The Kier molecular flexibility index (Phi) is 3.01. The summed E-state index contributed by atoms with van der Waals surface area (Å²) in [5.41, 5.74) is 7.60. The van der Waals surface area contributed by atoms with Gasteiger partial charge in [-0.2, -0.15) is 0 Å². The number of hydrogen-bond donors (Lipinski definition) is 0. The zero-order valence-corrected chi connectivity index (χ0v) is 10.0. The summed E-state index contributed by atoms with van der Waals surface area (Å²) in [6.07, 6.45) is 0.675. The summed E-state index contributed by atoms with van der Waals surface area (Å²) in [6, 6.07) is 0. The van der Waals surface area contributed by atoms with Crippen molar-refractivity contribution in [2.45, 2.75) is 25.4 Å². The van der Waals surface area contributed by atoms with Crippen LogP contribution in [-0.4, -0.2) is 38.5 Å². The van der Waals surface area contributed by atoms with Crippen LogP contribution in [0.15, 0.2) is 5.11 Å². The van der Waals surface area contributed by atoms with Crippen molar-refractivity contribution in [1.82, 2.24) is 0 Å². The first-order chi connectivity index (χ1) is 7.97. The fourth-order valence-corrected chi connectivity index (χ4v) is 4.72. The Bertz CT molecular complexity index is 482. The van der Waals surface area contributed by atoms with Crippen LogP contribution in [0.1, 0.15) is 19.3 Å². The molecule has 0 saturated carbocycles. The molecule has 2 heterocycles. The van der Waals surface area contributed by atoms with E-state index < -0.39 is 27.3 Å². The zero-order chi connectivity index (χ0) is 12.5. The minimum Gasteiger partial charge on any atom is -0.462 e. The van der Waals surface area contributed by atoms with Crippen LogP contribution in [0.25, 0.3) is 10.4 Å². The van der Waals surface area contributed by atoms with Crippen LogP contribution in [0.4, 0.5) is 0 Å². The van der Waals surface area contributed by atoms with Gasteiger partial charge in [-0.15, -0.1) is 0 Å². The largest absolute Gasteiger partial charge is 0.462 e. The van der Waals surface area contributed by atoms with Gasteiger partial charge in [-0.25, -0.2) is 8.42 Å². The number of ether oxygens (including phenoxy) is 1. The maximum atomic E-state index is 11.7. The van der Waals surface area contributed by atoms with E-state index in [-0.39, 0.29) is 24.5 Å². The molecule has 8 heteroatoms. The van der Waals surface area contributed by atoms with Gasteiger partial charge >= 0.3 is 5.97 Å². The van der Waals surface area contributed by atoms with E-state index in [1.807, 2.05) is 0 Å². The summed E-state index contributed by atoms with van der Waals surface area (Å²) in [4.78, 5) is 14.0. The highest BCUT2D eigenvalue weighted by Crippen LogP contribution is 2.44. The Labute approximate surface area is 98.7 Å². The fraction of sp³-hybridized carbons (Fsp3) is 0.889. The molecule has 17 heavy (non-hydrogen) atoms. The summed E-state index contributed by atoms with van der Waals surface area (Å²) in [5.74, 6) is -0.283. The van der Waals surface area contributed by atoms with Crippen molar-refractivity contribution in [3.05, 3.63) is 10.4 Å². The van der Waals surface area contributed by atoms with Gasteiger partial charge in [0.15, 0.2) is 9.84 Å². The third kappa shape index (κ3) is 2.37. The van der Waals surface area contributed by atoms with Gasteiger partial charge < -0.3 is 4.74 Å². The molecule has 2 fully saturated rings. The lowest BCUT2D eigenvalue weighted by Crippen LogP contribution is -2.43. The van der Waals surface area contributed by atoms with Gasteiger partial charge in [0.2, 0.25) is 0 Å². The van der Waals surface area contributed by atoms with E-state index in [9.17, 15) is 13.2 Å². The average molecular weight is 259 g/mol. The van der Waals surface area contributed by atoms with Crippen molar-refractivity contribution in [3.63, 3.8) is 0 Å². The van der Waals surface area contributed by atoms with E-state index in [4.69, 9.17) is 10.3 Å². The molecule has 2 unspecified atom stereocenters. The van der Waals surface area contributed by atoms with Gasteiger partial charge in [-0.3, -0.25) is 4.79 Å². The molecule has 1 spiro atoms. The van der Waals surface area contributed by atoms with E-state index in [0.29, 0.717) is 12.8 Å². The number of carbonyl (C=O) groups excluding carboxylic acids is 1. The van der Waals surface area contributed by atoms with Crippen LogP contribution >= 0.6 is 0 Å². The van der Waals surface area contributed by atoms with Crippen LogP contribution in [0.3, 0.4) is 0 Å². The molecule has 0 aromatic heterocycles. The van der Waals surface area contributed by atoms with Crippen LogP contribution in [0.5, 0.6) is 0 Å². The summed E-state index contributed by atoms with van der Waals surface area (Å²) in [7, 11) is -3.12. The molecule has 0 N–H and O–H groups in total. The van der Waals surface area contributed by atoms with Crippen LogP contribution in [0, 0.1) is 5.41 Å². The number of carbonyl (C=O) groups is 1. The van der Waals surface area contributed by atoms with E-state index in [2.05, 4.69) is 10.0 Å². The third-order valence-corrected chi connectivity index (χ3v) is 5.33. The lowest BCUT2D eigenvalue weighted by molar-refractivity contribution is -0.141. The number of nitrogens with zero attached hydrogens (tertiary/aromatic N) is 3. The maximum absolute atomic E-state index is 11.7.